The van der Waals surface area contributed by atoms with E-state index in [2.05, 4.69) is 25.7 Å². The molecule has 19 heavy (non-hydrogen) atoms. The molecule has 0 aliphatic heterocycles. The molecule has 100 valence electrons. The van der Waals surface area contributed by atoms with Gasteiger partial charge in [0.25, 0.3) is 0 Å². The minimum atomic E-state index is -0.997. The van der Waals surface area contributed by atoms with Crippen molar-refractivity contribution in [1.29, 1.82) is 0 Å². The number of hydrogen-bond acceptors (Lipinski definition) is 8. The molecule has 0 unspecified atom stereocenters. The van der Waals surface area contributed by atoms with Crippen LogP contribution in [0.1, 0.15) is 30.5 Å². The fraction of sp³-hybridized carbons (Fsp3) is 0.556. The van der Waals surface area contributed by atoms with Crippen LogP contribution in [0, 0.1) is 0 Å². The summed E-state index contributed by atoms with van der Waals surface area (Å²) in [5.41, 5.74) is 0. The fourth-order valence-electron chi connectivity index (χ4n) is 1.49. The van der Waals surface area contributed by atoms with Crippen LogP contribution in [0.5, 0.6) is 0 Å². The van der Waals surface area contributed by atoms with Crippen LogP contribution < -0.4 is 0 Å². The first kappa shape index (κ1) is 12.1. The van der Waals surface area contributed by atoms with Gasteiger partial charge in [-0.1, -0.05) is 16.9 Å². The van der Waals surface area contributed by atoms with Gasteiger partial charge in [-0.3, -0.25) is 4.79 Å². The standard InChI is InChI=1S/C9H10N6O3S/c16-7(17)3-15-9(11-13-14-15)19-4-6-10-8(12-18-6)5-1-2-5/h5H,1-4H2,(H,16,17). The summed E-state index contributed by atoms with van der Waals surface area (Å²) in [6.45, 7) is -0.271. The maximum absolute atomic E-state index is 10.6. The highest BCUT2D eigenvalue weighted by Crippen LogP contribution is 2.38. The number of tetrazole rings is 1. The molecule has 3 rings (SSSR count). The van der Waals surface area contributed by atoms with Crippen LogP contribution in [-0.4, -0.2) is 41.4 Å². The molecule has 1 saturated carbocycles. The van der Waals surface area contributed by atoms with Gasteiger partial charge in [-0.05, 0) is 23.3 Å². The summed E-state index contributed by atoms with van der Waals surface area (Å²) < 4.78 is 6.32. The van der Waals surface area contributed by atoms with Crippen molar-refractivity contribution in [2.24, 2.45) is 0 Å². The molecule has 0 aromatic carbocycles. The maximum Gasteiger partial charge on any atom is 0.325 e. The van der Waals surface area contributed by atoms with Gasteiger partial charge >= 0.3 is 5.97 Å². The largest absolute Gasteiger partial charge is 0.480 e. The number of carboxylic acids is 1. The Morgan fingerprint density at radius 3 is 3.11 bits per heavy atom. The lowest BCUT2D eigenvalue weighted by molar-refractivity contribution is -0.138. The van der Waals surface area contributed by atoms with Crippen molar-refractivity contribution in [2.45, 2.75) is 36.2 Å². The summed E-state index contributed by atoms with van der Waals surface area (Å²) in [5, 5.41) is 23.8. The number of carbonyl (C=O) groups is 1. The summed E-state index contributed by atoms with van der Waals surface area (Å²) >= 11 is 1.26. The summed E-state index contributed by atoms with van der Waals surface area (Å²) in [6, 6.07) is 0. The van der Waals surface area contributed by atoms with Crippen LogP contribution in [0.2, 0.25) is 0 Å². The molecule has 10 heteroatoms. The molecule has 1 N–H and O–H groups in total. The minimum absolute atomic E-state index is 0.271. The van der Waals surface area contributed by atoms with Crippen molar-refractivity contribution in [2.75, 3.05) is 0 Å². The van der Waals surface area contributed by atoms with Crippen molar-refractivity contribution in [3.8, 4) is 0 Å². The zero-order valence-electron chi connectivity index (χ0n) is 9.76. The van der Waals surface area contributed by atoms with Crippen molar-refractivity contribution >= 4 is 17.7 Å². The smallest absolute Gasteiger partial charge is 0.325 e. The average molecular weight is 282 g/mol. The first-order valence-corrected chi connectivity index (χ1v) is 6.64. The van der Waals surface area contributed by atoms with Gasteiger partial charge in [0.2, 0.25) is 11.0 Å². The molecule has 0 atom stereocenters. The first-order chi connectivity index (χ1) is 9.22. The number of nitrogens with zero attached hydrogens (tertiary/aromatic N) is 6. The lowest BCUT2D eigenvalue weighted by atomic mass is 10.4. The Hall–Kier alpha value is -1.97. The molecule has 0 bridgehead atoms. The predicted octanol–water partition coefficient (Wildman–Crippen LogP) is 0.310. The molecule has 1 aliphatic rings. The molecule has 9 nitrogen and oxygen atoms in total. The molecular formula is C9H10N6O3S. The maximum atomic E-state index is 10.6. The van der Waals surface area contributed by atoms with Gasteiger partial charge in [-0.15, -0.1) is 5.10 Å². The van der Waals surface area contributed by atoms with E-state index in [1.54, 1.807) is 0 Å². The summed E-state index contributed by atoms with van der Waals surface area (Å²) in [6.07, 6.45) is 2.23. The monoisotopic (exact) mass is 282 g/mol. The van der Waals surface area contributed by atoms with E-state index in [0.717, 1.165) is 18.7 Å². The summed E-state index contributed by atoms with van der Waals surface area (Å²) in [7, 11) is 0. The van der Waals surface area contributed by atoms with Crippen molar-refractivity contribution in [1.82, 2.24) is 30.3 Å². The summed E-state index contributed by atoms with van der Waals surface area (Å²) in [4.78, 5) is 14.9. The van der Waals surface area contributed by atoms with Crippen LogP contribution in [0.4, 0.5) is 0 Å². The van der Waals surface area contributed by atoms with Gasteiger partial charge in [-0.2, -0.15) is 4.98 Å². The summed E-state index contributed by atoms with van der Waals surface area (Å²) in [5.74, 6) is 1.11. The van der Waals surface area contributed by atoms with Crippen LogP contribution in [-0.2, 0) is 17.1 Å². The second kappa shape index (κ2) is 4.96. The zero-order valence-corrected chi connectivity index (χ0v) is 10.6. The number of carboxylic acid groups (broad SMARTS) is 1. The predicted molar refractivity (Wildman–Crippen MR) is 61.3 cm³/mol. The lowest BCUT2D eigenvalue weighted by Gasteiger charge is -1.98. The number of aliphatic carboxylic acids is 1. The molecule has 0 spiro atoms. The van der Waals surface area contributed by atoms with Gasteiger partial charge < -0.3 is 9.63 Å². The van der Waals surface area contributed by atoms with E-state index in [1.807, 2.05) is 0 Å². The number of hydrogen-bond donors (Lipinski definition) is 1. The molecule has 2 aromatic heterocycles. The van der Waals surface area contributed by atoms with E-state index < -0.39 is 5.97 Å². The van der Waals surface area contributed by atoms with E-state index in [1.165, 1.54) is 16.4 Å². The number of aromatic nitrogens is 6. The highest BCUT2D eigenvalue weighted by Gasteiger charge is 2.28. The second-order valence-electron chi connectivity index (χ2n) is 4.12. The fourth-order valence-corrected chi connectivity index (χ4v) is 2.20. The molecule has 2 aromatic rings. The topological polar surface area (TPSA) is 120 Å². The first-order valence-electron chi connectivity index (χ1n) is 5.65. The van der Waals surface area contributed by atoms with Gasteiger partial charge in [0.15, 0.2) is 5.82 Å². The quantitative estimate of drug-likeness (QED) is 0.746. The second-order valence-corrected chi connectivity index (χ2v) is 5.06. The Kier molecular flexibility index (Phi) is 3.15. The molecule has 2 heterocycles. The Bertz CT molecular complexity index is 592. The van der Waals surface area contributed by atoms with Gasteiger partial charge in [0, 0.05) is 5.92 Å². The van der Waals surface area contributed by atoms with Gasteiger partial charge in [0.05, 0.1) is 5.75 Å². The highest BCUT2D eigenvalue weighted by atomic mass is 32.2. The van der Waals surface area contributed by atoms with E-state index >= 15 is 0 Å². The molecule has 1 aliphatic carbocycles. The molecule has 0 saturated heterocycles. The highest BCUT2D eigenvalue weighted by molar-refractivity contribution is 7.98. The normalized spacial score (nSPS) is 14.7. The van der Waals surface area contributed by atoms with E-state index in [4.69, 9.17) is 9.63 Å². The third-order valence-corrected chi connectivity index (χ3v) is 3.48. The van der Waals surface area contributed by atoms with Crippen molar-refractivity contribution in [3.05, 3.63) is 11.7 Å². The van der Waals surface area contributed by atoms with Gasteiger partial charge in [0.1, 0.15) is 6.54 Å². The Balaban J connectivity index is 1.61. The molecule has 1 fully saturated rings. The molecule has 0 amide bonds. The third kappa shape index (κ3) is 2.89. The van der Waals surface area contributed by atoms with Gasteiger partial charge in [-0.25, -0.2) is 4.68 Å². The SMILES string of the molecule is O=C(O)Cn1nnnc1SCc1nc(C2CC2)no1. The Morgan fingerprint density at radius 1 is 1.53 bits per heavy atom. The van der Waals surface area contributed by atoms with Crippen molar-refractivity contribution in [3.63, 3.8) is 0 Å². The zero-order chi connectivity index (χ0) is 13.2. The van der Waals surface area contributed by atoms with E-state index in [9.17, 15) is 4.79 Å². The van der Waals surface area contributed by atoms with Crippen molar-refractivity contribution < 1.29 is 14.4 Å². The van der Waals surface area contributed by atoms with Crippen LogP contribution in [0.3, 0.4) is 0 Å². The van der Waals surface area contributed by atoms with Crippen LogP contribution >= 0.6 is 11.8 Å². The minimum Gasteiger partial charge on any atom is -0.480 e. The van der Waals surface area contributed by atoms with E-state index in [0.29, 0.717) is 22.7 Å². The van der Waals surface area contributed by atoms with Crippen LogP contribution in [0.25, 0.3) is 0 Å². The average Bonchev–Trinajstić information content (AvgIpc) is 2.96. The Morgan fingerprint density at radius 2 is 2.37 bits per heavy atom. The molecular weight excluding hydrogens is 272 g/mol. The van der Waals surface area contributed by atoms with Crippen LogP contribution in [0.15, 0.2) is 9.68 Å². The van der Waals surface area contributed by atoms with E-state index in [-0.39, 0.29) is 6.54 Å². The third-order valence-electron chi connectivity index (χ3n) is 2.54. The number of rotatable bonds is 6. The Labute approximate surface area is 111 Å². The lowest BCUT2D eigenvalue weighted by Crippen LogP contribution is -2.11. The number of thioether (sulfide) groups is 1. The molecule has 0 radical (unpaired) electrons.